The van der Waals surface area contributed by atoms with Crippen LogP contribution in [0.5, 0.6) is 0 Å². The highest BCUT2D eigenvalue weighted by atomic mass is 32.2. The molecule has 0 atom stereocenters. The molecule has 0 spiro atoms. The lowest BCUT2D eigenvalue weighted by Gasteiger charge is -2.29. The summed E-state index contributed by atoms with van der Waals surface area (Å²) in [6.45, 7) is 3.10. The molecule has 2 aromatic rings. The summed E-state index contributed by atoms with van der Waals surface area (Å²) < 4.78 is 33.1. The van der Waals surface area contributed by atoms with Gasteiger partial charge in [0.1, 0.15) is 0 Å². The van der Waals surface area contributed by atoms with E-state index in [1.54, 1.807) is 16.4 Å². The summed E-state index contributed by atoms with van der Waals surface area (Å²) in [4.78, 5) is 0.379. The van der Waals surface area contributed by atoms with Crippen LogP contribution in [-0.2, 0) is 16.4 Å². The first kappa shape index (κ1) is 17.7. The molecule has 26 heavy (non-hydrogen) atoms. The Labute approximate surface area is 154 Å². The zero-order valence-corrected chi connectivity index (χ0v) is 15.9. The molecule has 0 radical (unpaired) electrons. The summed E-state index contributed by atoms with van der Waals surface area (Å²) >= 11 is 0. The van der Waals surface area contributed by atoms with Crippen LogP contribution in [0.15, 0.2) is 33.6 Å². The van der Waals surface area contributed by atoms with E-state index in [-0.39, 0.29) is 5.92 Å². The highest BCUT2D eigenvalue weighted by Gasteiger charge is 2.34. The molecule has 1 aromatic carbocycles. The van der Waals surface area contributed by atoms with Crippen LogP contribution in [0.3, 0.4) is 0 Å². The second-order valence-corrected chi connectivity index (χ2v) is 9.26. The SMILES string of the molecule is CCCc1ccc(S(=O)(=O)N2CCC(c3nnc(C4CC4)o3)CC2)cc1. The molecule has 4 rings (SSSR count). The van der Waals surface area contributed by atoms with Crippen molar-refractivity contribution in [1.82, 2.24) is 14.5 Å². The van der Waals surface area contributed by atoms with E-state index in [2.05, 4.69) is 17.1 Å². The molecule has 1 aliphatic heterocycles. The Bertz CT molecular complexity index is 848. The minimum atomic E-state index is -3.43. The van der Waals surface area contributed by atoms with Crippen molar-refractivity contribution in [2.24, 2.45) is 0 Å². The van der Waals surface area contributed by atoms with E-state index < -0.39 is 10.0 Å². The van der Waals surface area contributed by atoms with Crippen LogP contribution in [0, 0.1) is 0 Å². The number of aromatic nitrogens is 2. The molecule has 2 heterocycles. The lowest BCUT2D eigenvalue weighted by Crippen LogP contribution is -2.37. The lowest BCUT2D eigenvalue weighted by atomic mass is 9.98. The van der Waals surface area contributed by atoms with Crippen LogP contribution in [0.2, 0.25) is 0 Å². The molecule has 1 saturated carbocycles. The molecule has 2 fully saturated rings. The molecule has 6 nitrogen and oxygen atoms in total. The van der Waals surface area contributed by atoms with Gasteiger partial charge >= 0.3 is 0 Å². The molecule has 2 aliphatic rings. The van der Waals surface area contributed by atoms with Gasteiger partial charge in [0.05, 0.1) is 4.90 Å². The number of rotatable bonds is 6. The largest absolute Gasteiger partial charge is 0.425 e. The number of hydrogen-bond acceptors (Lipinski definition) is 5. The smallest absolute Gasteiger partial charge is 0.243 e. The minimum Gasteiger partial charge on any atom is -0.425 e. The molecule has 1 aliphatic carbocycles. The molecular formula is C19H25N3O3S. The van der Waals surface area contributed by atoms with Gasteiger partial charge in [-0.2, -0.15) is 4.31 Å². The van der Waals surface area contributed by atoms with Crippen molar-refractivity contribution >= 4 is 10.0 Å². The Hall–Kier alpha value is -1.73. The Morgan fingerprint density at radius 2 is 1.58 bits per heavy atom. The number of piperidine rings is 1. The van der Waals surface area contributed by atoms with Gasteiger partial charge in [-0.05, 0) is 49.8 Å². The molecule has 1 saturated heterocycles. The third-order valence-electron chi connectivity index (χ3n) is 5.29. The van der Waals surface area contributed by atoms with Gasteiger partial charge in [-0.3, -0.25) is 0 Å². The van der Waals surface area contributed by atoms with E-state index in [9.17, 15) is 8.42 Å². The predicted octanol–water partition coefficient (Wildman–Crippen LogP) is 3.47. The second-order valence-electron chi connectivity index (χ2n) is 7.33. The Balaban J connectivity index is 1.41. The molecular weight excluding hydrogens is 350 g/mol. The second kappa shape index (κ2) is 7.12. The van der Waals surface area contributed by atoms with Gasteiger partial charge in [0.25, 0.3) is 0 Å². The van der Waals surface area contributed by atoms with E-state index in [1.165, 1.54) is 5.56 Å². The van der Waals surface area contributed by atoms with Crippen molar-refractivity contribution in [3.8, 4) is 0 Å². The number of benzene rings is 1. The fourth-order valence-electron chi connectivity index (χ4n) is 3.52. The first-order valence-electron chi connectivity index (χ1n) is 9.50. The van der Waals surface area contributed by atoms with Crippen LogP contribution in [0.4, 0.5) is 0 Å². The van der Waals surface area contributed by atoms with Gasteiger partial charge in [0.2, 0.25) is 21.8 Å². The molecule has 0 bridgehead atoms. The Kier molecular flexibility index (Phi) is 4.84. The molecule has 0 N–H and O–H groups in total. The van der Waals surface area contributed by atoms with Crippen molar-refractivity contribution in [2.75, 3.05) is 13.1 Å². The Morgan fingerprint density at radius 1 is 1.00 bits per heavy atom. The highest BCUT2D eigenvalue weighted by molar-refractivity contribution is 7.89. The zero-order valence-electron chi connectivity index (χ0n) is 15.1. The summed E-state index contributed by atoms with van der Waals surface area (Å²) in [5, 5.41) is 8.33. The van der Waals surface area contributed by atoms with Crippen molar-refractivity contribution in [2.45, 2.75) is 62.2 Å². The summed E-state index contributed by atoms with van der Waals surface area (Å²) in [5.74, 6) is 2.04. The summed E-state index contributed by atoms with van der Waals surface area (Å²) in [6, 6.07) is 7.29. The van der Waals surface area contributed by atoms with E-state index in [0.717, 1.165) is 44.4 Å². The number of nitrogens with zero attached hydrogens (tertiary/aromatic N) is 3. The van der Waals surface area contributed by atoms with Gasteiger partial charge in [0.15, 0.2) is 0 Å². The fourth-order valence-corrected chi connectivity index (χ4v) is 4.99. The lowest BCUT2D eigenvalue weighted by molar-refractivity contribution is 0.286. The predicted molar refractivity (Wildman–Crippen MR) is 97.4 cm³/mol. The van der Waals surface area contributed by atoms with Gasteiger partial charge in [-0.1, -0.05) is 25.5 Å². The quantitative estimate of drug-likeness (QED) is 0.773. The maximum absolute atomic E-state index is 12.9. The van der Waals surface area contributed by atoms with E-state index >= 15 is 0 Å². The normalized spacial score (nSPS) is 19.7. The maximum atomic E-state index is 12.9. The first-order chi connectivity index (χ1) is 12.6. The zero-order chi connectivity index (χ0) is 18.1. The monoisotopic (exact) mass is 375 g/mol. The van der Waals surface area contributed by atoms with Crippen molar-refractivity contribution in [1.29, 1.82) is 0 Å². The molecule has 7 heteroatoms. The topological polar surface area (TPSA) is 76.3 Å². The third-order valence-corrected chi connectivity index (χ3v) is 7.20. The molecule has 0 amide bonds. The van der Waals surface area contributed by atoms with Crippen LogP contribution >= 0.6 is 0 Å². The van der Waals surface area contributed by atoms with Gasteiger partial charge < -0.3 is 4.42 Å². The summed E-state index contributed by atoms with van der Waals surface area (Å²) in [7, 11) is -3.43. The van der Waals surface area contributed by atoms with E-state index in [4.69, 9.17) is 4.42 Å². The molecule has 1 aromatic heterocycles. The summed E-state index contributed by atoms with van der Waals surface area (Å²) in [5.41, 5.74) is 1.17. The van der Waals surface area contributed by atoms with Crippen LogP contribution in [0.1, 0.15) is 68.2 Å². The van der Waals surface area contributed by atoms with Crippen LogP contribution < -0.4 is 0 Å². The minimum absolute atomic E-state index is 0.161. The maximum Gasteiger partial charge on any atom is 0.243 e. The van der Waals surface area contributed by atoms with Crippen molar-refractivity contribution in [3.63, 3.8) is 0 Å². The number of sulfonamides is 1. The third kappa shape index (κ3) is 3.55. The highest BCUT2D eigenvalue weighted by Crippen LogP contribution is 2.40. The average Bonchev–Trinajstić information content (AvgIpc) is 3.39. The Morgan fingerprint density at radius 3 is 2.12 bits per heavy atom. The molecule has 0 unspecified atom stereocenters. The number of hydrogen-bond donors (Lipinski definition) is 0. The number of aryl methyl sites for hydroxylation is 1. The first-order valence-corrected chi connectivity index (χ1v) is 10.9. The van der Waals surface area contributed by atoms with Crippen molar-refractivity contribution < 1.29 is 12.8 Å². The molecule has 140 valence electrons. The summed E-state index contributed by atoms with van der Waals surface area (Å²) in [6.07, 6.45) is 5.74. The standard InChI is InChI=1S/C19H25N3O3S/c1-2-3-14-4-8-17(9-5-14)26(23,24)22-12-10-16(11-13-22)19-21-20-18(25-19)15-6-7-15/h4-5,8-9,15-16H,2-3,6-7,10-13H2,1H3. The van der Waals surface area contributed by atoms with Crippen molar-refractivity contribution in [3.05, 3.63) is 41.6 Å². The van der Waals surface area contributed by atoms with Crippen LogP contribution in [0.25, 0.3) is 0 Å². The fraction of sp³-hybridized carbons (Fsp3) is 0.579. The van der Waals surface area contributed by atoms with Gasteiger partial charge in [-0.25, -0.2) is 8.42 Å². The van der Waals surface area contributed by atoms with Crippen LogP contribution in [-0.4, -0.2) is 36.0 Å². The van der Waals surface area contributed by atoms with Gasteiger partial charge in [0, 0.05) is 24.9 Å². The van der Waals surface area contributed by atoms with E-state index in [1.807, 2.05) is 12.1 Å². The van der Waals surface area contributed by atoms with Gasteiger partial charge in [-0.15, -0.1) is 10.2 Å². The average molecular weight is 375 g/mol. The van der Waals surface area contributed by atoms with E-state index in [0.29, 0.717) is 29.8 Å².